The fraction of sp³-hybridized carbons (Fsp3) is 0.333. The first kappa shape index (κ1) is 23.3. The Balaban J connectivity index is 1.70. The Bertz CT molecular complexity index is 1090. The second kappa shape index (κ2) is 10.3. The van der Waals surface area contributed by atoms with E-state index in [2.05, 4.69) is 10.0 Å². The van der Waals surface area contributed by atoms with Crippen molar-refractivity contribution in [1.29, 1.82) is 0 Å². The molecule has 2 amide bonds. The average molecular weight is 466 g/mol. The monoisotopic (exact) mass is 465 g/mol. The molecule has 32 heavy (non-hydrogen) atoms. The second-order valence-electron chi connectivity index (χ2n) is 7.21. The molecule has 2 aromatic rings. The lowest BCUT2D eigenvalue weighted by Crippen LogP contribution is -2.32. The van der Waals surface area contributed by atoms with E-state index in [0.717, 1.165) is 18.9 Å². The molecule has 0 atom stereocenters. The molecule has 1 saturated heterocycles. The highest BCUT2D eigenvalue weighted by Gasteiger charge is 2.21. The van der Waals surface area contributed by atoms with Gasteiger partial charge in [-0.25, -0.2) is 17.6 Å². The highest BCUT2D eigenvalue weighted by Crippen LogP contribution is 2.27. The molecule has 1 fully saturated rings. The van der Waals surface area contributed by atoms with Crippen LogP contribution in [0.15, 0.2) is 47.4 Å². The summed E-state index contributed by atoms with van der Waals surface area (Å²) >= 11 is 0. The van der Waals surface area contributed by atoms with Gasteiger partial charge in [0.1, 0.15) is 0 Å². The molecule has 3 N–H and O–H groups in total. The fourth-order valence-electron chi connectivity index (χ4n) is 3.17. The number of halogens is 1. The van der Waals surface area contributed by atoms with Gasteiger partial charge in [-0.15, -0.1) is 0 Å². The third-order valence-electron chi connectivity index (χ3n) is 4.81. The van der Waals surface area contributed by atoms with E-state index in [1.54, 1.807) is 23.1 Å². The Morgan fingerprint density at radius 3 is 2.44 bits per heavy atom. The first-order valence-corrected chi connectivity index (χ1v) is 11.6. The molecule has 0 aliphatic carbocycles. The van der Waals surface area contributed by atoms with Crippen molar-refractivity contribution in [2.45, 2.75) is 30.6 Å². The summed E-state index contributed by atoms with van der Waals surface area (Å²) in [6.45, 7) is 1.27. The molecule has 0 radical (unpaired) electrons. The summed E-state index contributed by atoms with van der Waals surface area (Å²) < 4.78 is 47.5. The number of ether oxygens (including phenoxy) is 1. The van der Waals surface area contributed by atoms with Gasteiger partial charge in [0, 0.05) is 19.5 Å². The Labute approximate surface area is 185 Å². The normalized spacial score (nSPS) is 13.6. The first-order chi connectivity index (χ1) is 15.3. The van der Waals surface area contributed by atoms with E-state index in [1.165, 1.54) is 18.2 Å². The van der Waals surface area contributed by atoms with Gasteiger partial charge in [0.25, 0.3) is 10.0 Å². The topological polar surface area (TPSA) is 125 Å². The SMILES string of the molecule is O=C(O)CCCOc1ccc(S(=O)(=O)Nc2ccccc2NC(=O)N2CCCC2)cc1F. The number of para-hydroxylation sites is 2. The number of anilines is 2. The highest BCUT2D eigenvalue weighted by molar-refractivity contribution is 7.92. The number of carboxylic acids is 1. The Morgan fingerprint density at radius 1 is 1.09 bits per heavy atom. The summed E-state index contributed by atoms with van der Waals surface area (Å²) in [7, 11) is -4.15. The van der Waals surface area contributed by atoms with Gasteiger partial charge in [0.2, 0.25) is 0 Å². The number of benzene rings is 2. The minimum absolute atomic E-state index is 0.0162. The first-order valence-electron chi connectivity index (χ1n) is 10.1. The number of urea groups is 1. The van der Waals surface area contributed by atoms with Crippen LogP contribution in [0.2, 0.25) is 0 Å². The molecule has 0 aromatic heterocycles. The third kappa shape index (κ3) is 6.10. The molecule has 1 aliphatic heterocycles. The molecule has 0 unspecified atom stereocenters. The van der Waals surface area contributed by atoms with Crippen LogP contribution in [0.4, 0.5) is 20.6 Å². The summed E-state index contributed by atoms with van der Waals surface area (Å²) in [5.74, 6) is -2.05. The molecule has 0 saturated carbocycles. The van der Waals surface area contributed by atoms with Crippen molar-refractivity contribution >= 4 is 33.4 Å². The summed E-state index contributed by atoms with van der Waals surface area (Å²) in [6.07, 6.45) is 1.92. The molecule has 0 bridgehead atoms. The number of hydrogen-bond donors (Lipinski definition) is 3. The highest BCUT2D eigenvalue weighted by atomic mass is 32.2. The van der Waals surface area contributed by atoms with Crippen LogP contribution in [0.3, 0.4) is 0 Å². The molecule has 0 spiro atoms. The standard InChI is InChI=1S/C21H24FN3O6S/c22-16-14-15(9-10-19(16)31-13-5-8-20(26)27)32(29,30)24-18-7-2-1-6-17(18)23-21(28)25-11-3-4-12-25/h1-2,6-7,9-10,14,24H,3-5,8,11-13H2,(H,23,28)(H,26,27). The van der Waals surface area contributed by atoms with E-state index >= 15 is 0 Å². The van der Waals surface area contributed by atoms with Gasteiger partial charge in [-0.1, -0.05) is 12.1 Å². The van der Waals surface area contributed by atoms with Gasteiger partial charge in [-0.05, 0) is 49.6 Å². The van der Waals surface area contributed by atoms with Gasteiger partial charge in [-0.3, -0.25) is 9.52 Å². The van der Waals surface area contributed by atoms with Gasteiger partial charge in [0.15, 0.2) is 11.6 Å². The minimum atomic E-state index is -4.15. The summed E-state index contributed by atoms with van der Waals surface area (Å²) in [4.78, 5) is 24.2. The Morgan fingerprint density at radius 2 is 1.78 bits per heavy atom. The lowest BCUT2D eigenvalue weighted by atomic mass is 10.3. The largest absolute Gasteiger partial charge is 0.491 e. The summed E-state index contributed by atoms with van der Waals surface area (Å²) in [5.41, 5.74) is 0.432. The van der Waals surface area contributed by atoms with Crippen molar-refractivity contribution in [3.63, 3.8) is 0 Å². The van der Waals surface area contributed by atoms with Crippen molar-refractivity contribution in [2.24, 2.45) is 0 Å². The maximum atomic E-state index is 14.3. The Hall–Kier alpha value is -3.34. The molecular formula is C21H24FN3O6S. The molecule has 2 aromatic carbocycles. The van der Waals surface area contributed by atoms with Crippen LogP contribution >= 0.6 is 0 Å². The molecule has 172 valence electrons. The van der Waals surface area contributed by atoms with Crippen LogP contribution in [-0.4, -0.2) is 50.1 Å². The van der Waals surface area contributed by atoms with Crippen LogP contribution in [0, 0.1) is 5.82 Å². The number of carbonyl (C=O) groups excluding carboxylic acids is 1. The van der Waals surface area contributed by atoms with E-state index in [-0.39, 0.29) is 47.5 Å². The Kier molecular flexibility index (Phi) is 7.52. The molecular weight excluding hydrogens is 441 g/mol. The van der Waals surface area contributed by atoms with E-state index < -0.39 is 21.8 Å². The molecule has 9 nitrogen and oxygen atoms in total. The number of hydrogen-bond acceptors (Lipinski definition) is 5. The summed E-state index contributed by atoms with van der Waals surface area (Å²) in [6, 6.07) is 9.19. The van der Waals surface area contributed by atoms with E-state index in [1.807, 2.05) is 0 Å². The van der Waals surface area contributed by atoms with Crippen molar-refractivity contribution in [1.82, 2.24) is 4.90 Å². The van der Waals surface area contributed by atoms with Crippen molar-refractivity contribution < 1.29 is 32.2 Å². The van der Waals surface area contributed by atoms with Gasteiger partial charge in [-0.2, -0.15) is 0 Å². The van der Waals surface area contributed by atoms with Crippen LogP contribution in [0.25, 0.3) is 0 Å². The fourth-order valence-corrected chi connectivity index (χ4v) is 4.26. The van der Waals surface area contributed by atoms with Crippen LogP contribution in [-0.2, 0) is 14.8 Å². The lowest BCUT2D eigenvalue weighted by molar-refractivity contribution is -0.137. The number of likely N-dealkylation sites (tertiary alicyclic amines) is 1. The van der Waals surface area contributed by atoms with Crippen molar-refractivity contribution in [3.8, 4) is 5.75 Å². The number of nitrogens with zero attached hydrogens (tertiary/aromatic N) is 1. The predicted octanol–water partition coefficient (Wildman–Crippen LogP) is 3.50. The van der Waals surface area contributed by atoms with E-state index in [4.69, 9.17) is 9.84 Å². The smallest absolute Gasteiger partial charge is 0.321 e. The molecule has 1 aliphatic rings. The average Bonchev–Trinajstić information content (AvgIpc) is 3.28. The van der Waals surface area contributed by atoms with Crippen LogP contribution < -0.4 is 14.8 Å². The van der Waals surface area contributed by atoms with E-state index in [0.29, 0.717) is 13.1 Å². The van der Waals surface area contributed by atoms with Crippen molar-refractivity contribution in [3.05, 3.63) is 48.3 Å². The quantitative estimate of drug-likeness (QED) is 0.487. The van der Waals surface area contributed by atoms with Gasteiger partial charge in [0.05, 0.1) is 22.9 Å². The van der Waals surface area contributed by atoms with Gasteiger partial charge >= 0.3 is 12.0 Å². The number of aliphatic carboxylic acids is 1. The minimum Gasteiger partial charge on any atom is -0.491 e. The van der Waals surface area contributed by atoms with Crippen molar-refractivity contribution in [2.75, 3.05) is 29.7 Å². The third-order valence-corrected chi connectivity index (χ3v) is 6.18. The second-order valence-corrected chi connectivity index (χ2v) is 8.90. The zero-order chi connectivity index (χ0) is 23.1. The summed E-state index contributed by atoms with van der Waals surface area (Å²) in [5, 5.41) is 11.3. The van der Waals surface area contributed by atoms with Crippen LogP contribution in [0.5, 0.6) is 5.75 Å². The molecule has 11 heteroatoms. The molecule has 3 rings (SSSR count). The van der Waals surface area contributed by atoms with E-state index in [9.17, 15) is 22.4 Å². The number of rotatable bonds is 9. The lowest BCUT2D eigenvalue weighted by Gasteiger charge is -2.18. The number of carbonyl (C=O) groups is 2. The predicted molar refractivity (Wildman–Crippen MR) is 116 cm³/mol. The number of carboxylic acid groups (broad SMARTS) is 1. The molecule has 1 heterocycles. The number of nitrogens with one attached hydrogen (secondary N) is 2. The van der Waals surface area contributed by atoms with Gasteiger partial charge < -0.3 is 20.1 Å². The zero-order valence-corrected chi connectivity index (χ0v) is 18.0. The van der Waals surface area contributed by atoms with Crippen LogP contribution in [0.1, 0.15) is 25.7 Å². The maximum Gasteiger partial charge on any atom is 0.321 e. The number of amides is 2. The number of sulfonamides is 1. The zero-order valence-electron chi connectivity index (χ0n) is 17.2. The maximum absolute atomic E-state index is 14.3.